The maximum absolute atomic E-state index is 13.7. The Balaban J connectivity index is 1.55. The van der Waals surface area contributed by atoms with E-state index >= 15 is 0 Å². The summed E-state index contributed by atoms with van der Waals surface area (Å²) >= 11 is 3.13. The second-order valence-corrected chi connectivity index (χ2v) is 6.90. The first-order valence-electron chi connectivity index (χ1n) is 7.78. The van der Waals surface area contributed by atoms with Crippen molar-refractivity contribution in [2.24, 2.45) is 0 Å². The Morgan fingerprint density at radius 3 is 2.76 bits per heavy atom. The molecule has 2 N–H and O–H groups in total. The van der Waals surface area contributed by atoms with E-state index in [4.69, 9.17) is 0 Å². The first-order valence-corrected chi connectivity index (χ1v) is 8.57. The van der Waals surface area contributed by atoms with E-state index in [1.54, 1.807) is 30.3 Å². The van der Waals surface area contributed by atoms with Gasteiger partial charge in [0.25, 0.3) is 11.5 Å². The number of rotatable bonds is 3. The molecule has 2 atom stereocenters. The highest BCUT2D eigenvalue weighted by atomic mass is 79.9. The van der Waals surface area contributed by atoms with Crippen LogP contribution in [-0.2, 0) is 0 Å². The third kappa shape index (κ3) is 2.95. The van der Waals surface area contributed by atoms with Gasteiger partial charge in [-0.1, -0.05) is 24.3 Å². The van der Waals surface area contributed by atoms with Crippen molar-refractivity contribution in [3.05, 3.63) is 74.4 Å². The maximum Gasteiger partial charge on any atom is 0.272 e. The second kappa shape index (κ2) is 6.07. The monoisotopic (exact) mass is 401 g/mol. The van der Waals surface area contributed by atoms with Crippen molar-refractivity contribution in [2.75, 3.05) is 0 Å². The Labute approximate surface area is 150 Å². The Morgan fingerprint density at radius 2 is 2.00 bits per heavy atom. The molecule has 1 saturated carbocycles. The molecule has 4 rings (SSSR count). The molecule has 0 saturated heterocycles. The highest BCUT2D eigenvalue weighted by Gasteiger charge is 2.40. The number of hydrogen-bond acceptors (Lipinski definition) is 3. The van der Waals surface area contributed by atoms with Gasteiger partial charge in [0.05, 0.1) is 9.86 Å². The van der Waals surface area contributed by atoms with E-state index in [1.165, 1.54) is 6.07 Å². The molecule has 0 radical (unpaired) electrons. The van der Waals surface area contributed by atoms with Crippen LogP contribution in [0.25, 0.3) is 10.8 Å². The van der Waals surface area contributed by atoms with Gasteiger partial charge >= 0.3 is 0 Å². The van der Waals surface area contributed by atoms with Gasteiger partial charge in [0.15, 0.2) is 5.69 Å². The number of hydrogen-bond donors (Lipinski definition) is 2. The van der Waals surface area contributed by atoms with E-state index in [0.29, 0.717) is 15.2 Å². The highest BCUT2D eigenvalue weighted by Crippen LogP contribution is 2.41. The summed E-state index contributed by atoms with van der Waals surface area (Å²) in [6.45, 7) is 0. The van der Waals surface area contributed by atoms with E-state index in [0.717, 1.165) is 12.0 Å². The molecule has 25 heavy (non-hydrogen) atoms. The predicted molar refractivity (Wildman–Crippen MR) is 95.1 cm³/mol. The zero-order chi connectivity index (χ0) is 17.6. The fraction of sp³-hybridized carbons (Fsp3) is 0.167. The molecule has 126 valence electrons. The Hall–Kier alpha value is -2.54. The molecule has 0 spiro atoms. The number of amides is 1. The Morgan fingerprint density at radius 1 is 1.24 bits per heavy atom. The quantitative estimate of drug-likeness (QED) is 0.707. The molecule has 3 aromatic rings. The summed E-state index contributed by atoms with van der Waals surface area (Å²) in [5, 5.41) is 10.1. The summed E-state index contributed by atoms with van der Waals surface area (Å²) in [7, 11) is 0. The van der Waals surface area contributed by atoms with Crippen LogP contribution < -0.4 is 10.9 Å². The predicted octanol–water partition coefficient (Wildman–Crippen LogP) is 3.11. The number of carbonyl (C=O) groups excluding carboxylic acids is 1. The largest absolute Gasteiger partial charge is 0.347 e. The Kier molecular flexibility index (Phi) is 3.88. The smallest absolute Gasteiger partial charge is 0.272 e. The van der Waals surface area contributed by atoms with Crippen molar-refractivity contribution in [1.82, 2.24) is 15.5 Å². The number of benzene rings is 2. The first kappa shape index (κ1) is 16.0. The fourth-order valence-corrected chi connectivity index (χ4v) is 3.24. The molecule has 1 aliphatic rings. The number of H-pyrrole nitrogens is 1. The van der Waals surface area contributed by atoms with E-state index in [1.807, 2.05) is 6.07 Å². The van der Waals surface area contributed by atoms with E-state index in [2.05, 4.69) is 31.4 Å². The minimum Gasteiger partial charge on any atom is -0.347 e. The summed E-state index contributed by atoms with van der Waals surface area (Å²) in [4.78, 5) is 24.3. The van der Waals surface area contributed by atoms with Crippen molar-refractivity contribution in [2.45, 2.75) is 18.4 Å². The van der Waals surface area contributed by atoms with Crippen molar-refractivity contribution in [3.8, 4) is 0 Å². The maximum atomic E-state index is 13.7. The molecule has 0 bridgehead atoms. The van der Waals surface area contributed by atoms with Crippen LogP contribution in [0.2, 0.25) is 0 Å². The van der Waals surface area contributed by atoms with Gasteiger partial charge in [-0.15, -0.1) is 0 Å². The molecular weight excluding hydrogens is 389 g/mol. The van der Waals surface area contributed by atoms with Crippen molar-refractivity contribution < 1.29 is 9.18 Å². The van der Waals surface area contributed by atoms with Gasteiger partial charge in [-0.2, -0.15) is 5.10 Å². The van der Waals surface area contributed by atoms with Gasteiger partial charge in [0.2, 0.25) is 0 Å². The molecule has 1 fully saturated rings. The molecule has 0 aliphatic heterocycles. The van der Waals surface area contributed by atoms with Gasteiger partial charge in [-0.25, -0.2) is 9.49 Å². The van der Waals surface area contributed by atoms with Crippen molar-refractivity contribution in [1.29, 1.82) is 0 Å². The molecule has 5 nitrogen and oxygen atoms in total. The summed E-state index contributed by atoms with van der Waals surface area (Å²) in [6, 6.07) is 11.8. The number of fused-ring (bicyclic) bond motifs is 1. The minimum absolute atomic E-state index is 0.0689. The van der Waals surface area contributed by atoms with Crippen LogP contribution in [0.1, 0.15) is 28.4 Å². The average Bonchev–Trinajstić information content (AvgIpc) is 3.37. The number of nitrogens with zero attached hydrogens (tertiary/aromatic N) is 1. The second-order valence-electron chi connectivity index (χ2n) is 6.04. The zero-order valence-electron chi connectivity index (χ0n) is 12.9. The van der Waals surface area contributed by atoms with Gasteiger partial charge in [-0.3, -0.25) is 9.59 Å². The normalized spacial score (nSPS) is 19.0. The molecule has 7 heteroatoms. The molecule has 2 aromatic carbocycles. The summed E-state index contributed by atoms with van der Waals surface area (Å²) in [5.74, 6) is -0.583. The van der Waals surface area contributed by atoms with Crippen LogP contribution in [-0.4, -0.2) is 22.1 Å². The lowest BCUT2D eigenvalue weighted by Crippen LogP contribution is -2.29. The molecule has 1 aliphatic carbocycles. The molecule has 1 aromatic heterocycles. The molecule has 0 unspecified atom stereocenters. The topological polar surface area (TPSA) is 74.8 Å². The molecular formula is C18H13BrFN3O2. The van der Waals surface area contributed by atoms with Crippen molar-refractivity contribution in [3.63, 3.8) is 0 Å². The lowest BCUT2D eigenvalue weighted by Gasteiger charge is -2.07. The highest BCUT2D eigenvalue weighted by molar-refractivity contribution is 9.10. The number of aromatic nitrogens is 2. The van der Waals surface area contributed by atoms with Crippen molar-refractivity contribution >= 4 is 32.6 Å². The van der Waals surface area contributed by atoms with Crippen LogP contribution in [0.3, 0.4) is 0 Å². The number of aromatic amines is 1. The van der Waals surface area contributed by atoms with Gasteiger partial charge in [0.1, 0.15) is 5.82 Å². The first-order chi connectivity index (χ1) is 12.0. The van der Waals surface area contributed by atoms with Crippen LogP contribution in [0.4, 0.5) is 4.39 Å². The number of nitrogens with one attached hydrogen (secondary N) is 2. The summed E-state index contributed by atoms with van der Waals surface area (Å²) in [5.41, 5.74) is 0.704. The lowest BCUT2D eigenvalue weighted by molar-refractivity contribution is 0.0946. The lowest BCUT2D eigenvalue weighted by atomic mass is 10.1. The van der Waals surface area contributed by atoms with Gasteiger partial charge in [0, 0.05) is 17.3 Å². The van der Waals surface area contributed by atoms with E-state index in [9.17, 15) is 14.0 Å². The van der Waals surface area contributed by atoms with Gasteiger partial charge < -0.3 is 5.32 Å². The third-order valence-electron chi connectivity index (χ3n) is 4.39. The fourth-order valence-electron chi connectivity index (χ4n) is 2.99. The SMILES string of the molecule is O=C(N[C@@H]1C[C@H]1c1ccc(Br)c(F)c1)c1n[nH]c(=O)c2ccccc12. The average molecular weight is 402 g/mol. The summed E-state index contributed by atoms with van der Waals surface area (Å²) in [6.07, 6.45) is 0.744. The minimum atomic E-state index is -0.350. The summed E-state index contributed by atoms with van der Waals surface area (Å²) < 4.78 is 14.1. The standard InChI is InChI=1S/C18H13BrFN3O2/c19-13-6-5-9(7-14(13)20)12-8-15(12)21-18(25)16-10-3-1-2-4-11(10)17(24)23-22-16/h1-7,12,15H,8H2,(H,21,25)(H,23,24)/t12-,15+/m0/s1. The van der Waals surface area contributed by atoms with E-state index in [-0.39, 0.29) is 34.9 Å². The van der Waals surface area contributed by atoms with Gasteiger partial charge in [-0.05, 0) is 46.1 Å². The van der Waals surface area contributed by atoms with Crippen LogP contribution >= 0.6 is 15.9 Å². The molecule has 1 heterocycles. The number of carbonyl (C=O) groups is 1. The number of halogens is 2. The van der Waals surface area contributed by atoms with Crippen LogP contribution in [0.5, 0.6) is 0 Å². The van der Waals surface area contributed by atoms with Crippen LogP contribution in [0.15, 0.2) is 51.7 Å². The zero-order valence-corrected chi connectivity index (χ0v) is 14.5. The molecule has 1 amide bonds. The third-order valence-corrected chi connectivity index (χ3v) is 5.03. The van der Waals surface area contributed by atoms with E-state index < -0.39 is 0 Å². The van der Waals surface area contributed by atoms with Crippen LogP contribution in [0, 0.1) is 5.82 Å². The Bertz CT molecular complexity index is 1050.